The molecule has 1 saturated heterocycles. The Morgan fingerprint density at radius 1 is 1.04 bits per heavy atom. The highest BCUT2D eigenvalue weighted by molar-refractivity contribution is 5.70. The summed E-state index contributed by atoms with van der Waals surface area (Å²) in [4.78, 5) is 14.1. The molecular weight excluding hydrogens is 298 g/mol. The lowest BCUT2D eigenvalue weighted by atomic mass is 9.90. The Morgan fingerprint density at radius 2 is 1.71 bits per heavy atom. The third kappa shape index (κ3) is 3.78. The molecule has 1 amide bonds. The van der Waals surface area contributed by atoms with Gasteiger partial charge in [-0.1, -0.05) is 54.6 Å². The minimum absolute atomic E-state index is 0.206. The van der Waals surface area contributed by atoms with E-state index in [1.54, 1.807) is 0 Å². The van der Waals surface area contributed by atoms with Gasteiger partial charge in [-0.2, -0.15) is 0 Å². The Kier molecular flexibility index (Phi) is 4.61. The average Bonchev–Trinajstić information content (AvgIpc) is 3.04. The maximum Gasteiger partial charge on any atom is 0.410 e. The summed E-state index contributed by atoms with van der Waals surface area (Å²) in [6, 6.07) is 18.9. The largest absolute Gasteiger partial charge is 0.444 e. The Hall–Kier alpha value is -2.29. The van der Waals surface area contributed by atoms with E-state index in [0.717, 1.165) is 19.5 Å². The molecule has 0 aliphatic carbocycles. The van der Waals surface area contributed by atoms with Crippen LogP contribution in [0.25, 0.3) is 11.1 Å². The molecule has 126 valence electrons. The van der Waals surface area contributed by atoms with Crippen molar-refractivity contribution in [2.24, 2.45) is 0 Å². The Bertz CT molecular complexity index is 703. The van der Waals surface area contributed by atoms with Gasteiger partial charge in [0.15, 0.2) is 0 Å². The molecule has 1 atom stereocenters. The van der Waals surface area contributed by atoms with Crippen molar-refractivity contribution in [2.75, 3.05) is 13.1 Å². The van der Waals surface area contributed by atoms with Crippen LogP contribution in [-0.4, -0.2) is 29.7 Å². The highest BCUT2D eigenvalue weighted by Gasteiger charge is 2.31. The molecule has 1 aliphatic heterocycles. The first-order chi connectivity index (χ1) is 11.4. The fourth-order valence-corrected chi connectivity index (χ4v) is 3.24. The highest BCUT2D eigenvalue weighted by atomic mass is 16.6. The van der Waals surface area contributed by atoms with Crippen LogP contribution in [0.3, 0.4) is 0 Å². The van der Waals surface area contributed by atoms with E-state index >= 15 is 0 Å². The average molecular weight is 323 g/mol. The molecule has 1 unspecified atom stereocenters. The normalized spacial score (nSPS) is 17.8. The quantitative estimate of drug-likeness (QED) is 0.771. The fraction of sp³-hybridized carbons (Fsp3) is 0.381. The van der Waals surface area contributed by atoms with Crippen molar-refractivity contribution in [2.45, 2.75) is 38.7 Å². The molecular formula is C21H25NO2. The van der Waals surface area contributed by atoms with Crippen molar-refractivity contribution in [3.8, 4) is 11.1 Å². The number of amides is 1. The molecule has 0 radical (unpaired) electrons. The predicted octanol–water partition coefficient (Wildman–Crippen LogP) is 5.08. The van der Waals surface area contributed by atoms with E-state index in [4.69, 9.17) is 4.74 Å². The molecule has 1 fully saturated rings. The van der Waals surface area contributed by atoms with Gasteiger partial charge in [0.2, 0.25) is 0 Å². The van der Waals surface area contributed by atoms with Gasteiger partial charge in [0.25, 0.3) is 0 Å². The molecule has 24 heavy (non-hydrogen) atoms. The van der Waals surface area contributed by atoms with Gasteiger partial charge in [-0.15, -0.1) is 0 Å². The number of nitrogens with zero attached hydrogens (tertiary/aromatic N) is 1. The maximum atomic E-state index is 12.3. The molecule has 1 heterocycles. The van der Waals surface area contributed by atoms with Crippen molar-refractivity contribution < 1.29 is 9.53 Å². The second-order valence-electron chi connectivity index (χ2n) is 7.37. The standard InChI is InChI=1S/C21H25NO2/c1-21(2,3)24-20(23)22-14-13-17(15-22)19-12-8-7-11-18(19)16-9-5-4-6-10-16/h4-12,17H,13-15H2,1-3H3. The second-order valence-corrected chi connectivity index (χ2v) is 7.37. The van der Waals surface area contributed by atoms with Crippen LogP contribution in [0.4, 0.5) is 4.79 Å². The minimum Gasteiger partial charge on any atom is -0.444 e. The number of carbonyl (C=O) groups is 1. The van der Waals surface area contributed by atoms with E-state index in [0.29, 0.717) is 5.92 Å². The van der Waals surface area contributed by atoms with Crippen molar-refractivity contribution in [1.29, 1.82) is 0 Å². The number of carbonyl (C=O) groups excluding carboxylic acids is 1. The minimum atomic E-state index is -0.447. The fourth-order valence-electron chi connectivity index (χ4n) is 3.24. The zero-order valence-electron chi connectivity index (χ0n) is 14.7. The van der Waals surface area contributed by atoms with Gasteiger partial charge in [-0.25, -0.2) is 4.79 Å². The van der Waals surface area contributed by atoms with Gasteiger partial charge >= 0.3 is 6.09 Å². The number of benzene rings is 2. The third-order valence-electron chi connectivity index (χ3n) is 4.33. The molecule has 0 saturated carbocycles. The summed E-state index contributed by atoms with van der Waals surface area (Å²) in [5.74, 6) is 0.355. The first-order valence-electron chi connectivity index (χ1n) is 8.56. The topological polar surface area (TPSA) is 29.5 Å². The first kappa shape index (κ1) is 16.6. The Labute approximate surface area is 144 Å². The Balaban J connectivity index is 1.79. The van der Waals surface area contributed by atoms with E-state index in [2.05, 4.69) is 48.5 Å². The number of rotatable bonds is 2. The van der Waals surface area contributed by atoms with E-state index in [9.17, 15) is 4.79 Å². The Morgan fingerprint density at radius 3 is 2.42 bits per heavy atom. The molecule has 3 nitrogen and oxygen atoms in total. The van der Waals surface area contributed by atoms with Crippen LogP contribution in [0.2, 0.25) is 0 Å². The van der Waals surface area contributed by atoms with Crippen LogP contribution >= 0.6 is 0 Å². The van der Waals surface area contributed by atoms with Crippen LogP contribution in [0.5, 0.6) is 0 Å². The van der Waals surface area contributed by atoms with Crippen molar-refractivity contribution in [1.82, 2.24) is 4.90 Å². The zero-order valence-corrected chi connectivity index (χ0v) is 14.7. The van der Waals surface area contributed by atoms with Crippen molar-refractivity contribution in [3.63, 3.8) is 0 Å². The van der Waals surface area contributed by atoms with E-state index in [1.165, 1.54) is 16.7 Å². The van der Waals surface area contributed by atoms with Crippen LogP contribution in [-0.2, 0) is 4.74 Å². The summed E-state index contributed by atoms with van der Waals surface area (Å²) < 4.78 is 5.51. The monoisotopic (exact) mass is 323 g/mol. The van der Waals surface area contributed by atoms with Crippen LogP contribution in [0, 0.1) is 0 Å². The SMILES string of the molecule is CC(C)(C)OC(=O)N1CCC(c2ccccc2-c2ccccc2)C1. The molecule has 3 rings (SSSR count). The summed E-state index contributed by atoms with van der Waals surface area (Å²) in [7, 11) is 0. The zero-order chi connectivity index (χ0) is 17.2. The van der Waals surface area contributed by atoms with Crippen LogP contribution < -0.4 is 0 Å². The number of likely N-dealkylation sites (tertiary alicyclic amines) is 1. The third-order valence-corrected chi connectivity index (χ3v) is 4.33. The molecule has 0 spiro atoms. The molecule has 1 aliphatic rings. The van der Waals surface area contributed by atoms with E-state index in [-0.39, 0.29) is 6.09 Å². The van der Waals surface area contributed by atoms with E-state index in [1.807, 2.05) is 31.7 Å². The van der Waals surface area contributed by atoms with Gasteiger partial charge < -0.3 is 9.64 Å². The summed E-state index contributed by atoms with van der Waals surface area (Å²) in [6.45, 7) is 7.19. The number of ether oxygens (including phenoxy) is 1. The molecule has 2 aromatic rings. The molecule has 2 aromatic carbocycles. The van der Waals surface area contributed by atoms with Crippen LogP contribution in [0.15, 0.2) is 54.6 Å². The lowest BCUT2D eigenvalue weighted by molar-refractivity contribution is 0.0292. The summed E-state index contributed by atoms with van der Waals surface area (Å²) in [5, 5.41) is 0. The van der Waals surface area contributed by atoms with Crippen molar-refractivity contribution >= 4 is 6.09 Å². The summed E-state index contributed by atoms with van der Waals surface area (Å²) >= 11 is 0. The number of hydrogen-bond acceptors (Lipinski definition) is 2. The summed E-state index contributed by atoms with van der Waals surface area (Å²) in [5.41, 5.74) is 3.35. The lowest BCUT2D eigenvalue weighted by Gasteiger charge is -2.24. The van der Waals surface area contributed by atoms with Crippen LogP contribution in [0.1, 0.15) is 38.7 Å². The smallest absolute Gasteiger partial charge is 0.410 e. The van der Waals surface area contributed by atoms with Gasteiger partial charge in [0.05, 0.1) is 0 Å². The summed E-state index contributed by atoms with van der Waals surface area (Å²) in [6.07, 6.45) is 0.769. The maximum absolute atomic E-state index is 12.3. The van der Waals surface area contributed by atoms with Gasteiger partial charge in [-0.3, -0.25) is 0 Å². The van der Waals surface area contributed by atoms with Gasteiger partial charge in [-0.05, 0) is 43.9 Å². The van der Waals surface area contributed by atoms with Gasteiger partial charge in [0.1, 0.15) is 5.60 Å². The predicted molar refractivity (Wildman–Crippen MR) is 97.0 cm³/mol. The first-order valence-corrected chi connectivity index (χ1v) is 8.56. The van der Waals surface area contributed by atoms with Crippen molar-refractivity contribution in [3.05, 3.63) is 60.2 Å². The molecule has 3 heteroatoms. The molecule has 0 N–H and O–H groups in total. The van der Waals surface area contributed by atoms with E-state index < -0.39 is 5.60 Å². The second kappa shape index (κ2) is 6.68. The van der Waals surface area contributed by atoms with Gasteiger partial charge in [0, 0.05) is 19.0 Å². The number of hydrogen-bond donors (Lipinski definition) is 0. The molecule has 0 aromatic heterocycles. The molecule has 0 bridgehead atoms. The highest BCUT2D eigenvalue weighted by Crippen LogP contribution is 2.35. The lowest BCUT2D eigenvalue weighted by Crippen LogP contribution is -2.35.